The van der Waals surface area contributed by atoms with Crippen molar-refractivity contribution in [2.24, 2.45) is 0 Å². The van der Waals surface area contributed by atoms with E-state index in [-0.39, 0.29) is 30.6 Å². The molecule has 3 aromatic rings. The van der Waals surface area contributed by atoms with Crippen LogP contribution < -0.4 is 9.62 Å². The van der Waals surface area contributed by atoms with E-state index >= 15 is 0 Å². The molecule has 1 fully saturated rings. The minimum absolute atomic E-state index is 0.0537. The molecular formula is C31H34F3N3O4S. The van der Waals surface area contributed by atoms with E-state index in [1.54, 1.807) is 0 Å². The zero-order chi connectivity index (χ0) is 30.3. The summed E-state index contributed by atoms with van der Waals surface area (Å²) in [5.41, 5.74) is 1.06. The van der Waals surface area contributed by atoms with Crippen molar-refractivity contribution in [2.45, 2.75) is 57.2 Å². The van der Waals surface area contributed by atoms with E-state index < -0.39 is 46.0 Å². The van der Waals surface area contributed by atoms with Crippen molar-refractivity contribution in [3.8, 4) is 0 Å². The Balaban J connectivity index is 1.72. The van der Waals surface area contributed by atoms with Crippen LogP contribution in [0.1, 0.15) is 43.2 Å². The van der Waals surface area contributed by atoms with E-state index in [0.717, 1.165) is 56.1 Å². The van der Waals surface area contributed by atoms with E-state index in [4.69, 9.17) is 0 Å². The van der Waals surface area contributed by atoms with Gasteiger partial charge in [-0.15, -0.1) is 0 Å². The molecule has 1 N–H and O–H groups in total. The van der Waals surface area contributed by atoms with Crippen LogP contribution in [0.5, 0.6) is 0 Å². The highest BCUT2D eigenvalue weighted by Gasteiger charge is 2.34. The van der Waals surface area contributed by atoms with Crippen molar-refractivity contribution < 1.29 is 31.2 Å². The van der Waals surface area contributed by atoms with Gasteiger partial charge in [0.05, 0.1) is 11.9 Å². The standard InChI is InChI=1S/C31H34F3N3O4S/c1-42(40,41)37(26-16-17-27(33)28(34)19-26)21-30(38)36(20-23-12-14-24(32)15-13-23)29(18-22-8-4-2-5-9-22)31(39)35-25-10-6-3-7-11-25/h2,4-5,8-9,12-17,19,25,29H,3,6-7,10-11,18,20-21H2,1H3,(H,35,39)/t29-/m1/s1. The molecular weight excluding hydrogens is 567 g/mol. The maximum absolute atomic E-state index is 14.1. The van der Waals surface area contributed by atoms with Gasteiger partial charge in [-0.1, -0.05) is 61.7 Å². The number of nitrogens with one attached hydrogen (secondary N) is 1. The molecule has 0 saturated heterocycles. The second-order valence-corrected chi connectivity index (χ2v) is 12.5. The lowest BCUT2D eigenvalue weighted by atomic mass is 9.94. The maximum Gasteiger partial charge on any atom is 0.244 e. The second kappa shape index (κ2) is 13.9. The molecule has 42 heavy (non-hydrogen) atoms. The lowest BCUT2D eigenvalue weighted by Crippen LogP contribution is -2.55. The van der Waals surface area contributed by atoms with Crippen LogP contribution in [0.2, 0.25) is 0 Å². The topological polar surface area (TPSA) is 86.8 Å². The molecule has 0 aromatic heterocycles. The summed E-state index contributed by atoms with van der Waals surface area (Å²) < 4.78 is 67.6. The number of halogens is 3. The van der Waals surface area contributed by atoms with Crippen molar-refractivity contribution in [1.29, 1.82) is 0 Å². The highest BCUT2D eigenvalue weighted by Crippen LogP contribution is 2.23. The fourth-order valence-corrected chi connectivity index (χ4v) is 5.98. The molecule has 1 aliphatic rings. The van der Waals surface area contributed by atoms with Gasteiger partial charge in [-0.3, -0.25) is 13.9 Å². The fourth-order valence-electron chi connectivity index (χ4n) is 5.14. The van der Waals surface area contributed by atoms with Crippen LogP contribution in [0.15, 0.2) is 72.8 Å². The van der Waals surface area contributed by atoms with Crippen molar-refractivity contribution in [3.05, 3.63) is 101 Å². The first kappa shape index (κ1) is 31.1. The number of sulfonamides is 1. The molecule has 1 aliphatic carbocycles. The van der Waals surface area contributed by atoms with Crippen LogP contribution in [0.4, 0.5) is 18.9 Å². The number of hydrogen-bond donors (Lipinski definition) is 1. The van der Waals surface area contributed by atoms with Gasteiger partial charge in [0.15, 0.2) is 11.6 Å². The smallest absolute Gasteiger partial charge is 0.244 e. The van der Waals surface area contributed by atoms with Crippen LogP contribution in [0.3, 0.4) is 0 Å². The van der Waals surface area contributed by atoms with Gasteiger partial charge >= 0.3 is 0 Å². The summed E-state index contributed by atoms with van der Waals surface area (Å²) in [6, 6.07) is 16.0. The Labute approximate surface area is 244 Å². The van der Waals surface area contributed by atoms with Crippen LogP contribution >= 0.6 is 0 Å². The molecule has 7 nitrogen and oxygen atoms in total. The first-order chi connectivity index (χ1) is 20.0. The minimum Gasteiger partial charge on any atom is -0.352 e. The molecule has 3 aromatic carbocycles. The third kappa shape index (κ3) is 8.34. The molecule has 0 unspecified atom stereocenters. The number of nitrogens with zero attached hydrogens (tertiary/aromatic N) is 2. The third-order valence-corrected chi connectivity index (χ3v) is 8.50. The average molecular weight is 602 g/mol. The van der Waals surface area contributed by atoms with Gasteiger partial charge < -0.3 is 10.2 Å². The predicted octanol–water partition coefficient (Wildman–Crippen LogP) is 4.96. The average Bonchev–Trinajstić information content (AvgIpc) is 2.96. The summed E-state index contributed by atoms with van der Waals surface area (Å²) in [5.74, 6) is -4.05. The minimum atomic E-state index is -4.14. The van der Waals surface area contributed by atoms with Gasteiger partial charge in [-0.25, -0.2) is 21.6 Å². The Morgan fingerprint density at radius 1 is 0.881 bits per heavy atom. The maximum atomic E-state index is 14.1. The Morgan fingerprint density at radius 3 is 2.17 bits per heavy atom. The van der Waals surface area contributed by atoms with Crippen LogP contribution in [-0.2, 0) is 32.6 Å². The van der Waals surface area contributed by atoms with E-state index in [1.807, 2.05) is 30.3 Å². The number of benzene rings is 3. The predicted molar refractivity (Wildman–Crippen MR) is 154 cm³/mol. The normalized spacial score (nSPS) is 14.7. The number of rotatable bonds is 11. The summed E-state index contributed by atoms with van der Waals surface area (Å²) in [7, 11) is -4.14. The number of carbonyl (C=O) groups is 2. The van der Waals surface area contributed by atoms with Gasteiger partial charge in [0.25, 0.3) is 0 Å². The summed E-state index contributed by atoms with van der Waals surface area (Å²) in [4.78, 5) is 29.2. The van der Waals surface area contributed by atoms with Crippen molar-refractivity contribution in [3.63, 3.8) is 0 Å². The number of amides is 2. The van der Waals surface area contributed by atoms with Gasteiger partial charge in [0, 0.05) is 25.1 Å². The highest BCUT2D eigenvalue weighted by molar-refractivity contribution is 7.92. The lowest BCUT2D eigenvalue weighted by molar-refractivity contribution is -0.140. The van der Waals surface area contributed by atoms with Gasteiger partial charge in [0.2, 0.25) is 21.8 Å². The van der Waals surface area contributed by atoms with Crippen LogP contribution in [0, 0.1) is 17.5 Å². The van der Waals surface area contributed by atoms with Gasteiger partial charge in [0.1, 0.15) is 18.4 Å². The van der Waals surface area contributed by atoms with Crippen molar-refractivity contribution in [1.82, 2.24) is 10.2 Å². The monoisotopic (exact) mass is 601 g/mol. The van der Waals surface area contributed by atoms with E-state index in [2.05, 4.69) is 5.32 Å². The molecule has 0 spiro atoms. The SMILES string of the molecule is CS(=O)(=O)N(CC(=O)N(Cc1ccc(F)cc1)[C@H](Cc1ccccc1)C(=O)NC1CCCCC1)c1ccc(F)c(F)c1. The first-order valence-electron chi connectivity index (χ1n) is 13.8. The van der Waals surface area contributed by atoms with E-state index in [1.165, 1.54) is 29.2 Å². The summed E-state index contributed by atoms with van der Waals surface area (Å²) in [5, 5.41) is 3.08. The summed E-state index contributed by atoms with van der Waals surface area (Å²) >= 11 is 0. The number of hydrogen-bond acceptors (Lipinski definition) is 4. The zero-order valence-corrected chi connectivity index (χ0v) is 24.1. The van der Waals surface area contributed by atoms with Gasteiger partial charge in [-0.2, -0.15) is 0 Å². The fraction of sp³-hybridized carbons (Fsp3) is 0.355. The molecule has 0 aliphatic heterocycles. The van der Waals surface area contributed by atoms with Crippen LogP contribution in [-0.4, -0.2) is 50.0 Å². The third-order valence-electron chi connectivity index (χ3n) is 7.36. The molecule has 1 saturated carbocycles. The van der Waals surface area contributed by atoms with Crippen molar-refractivity contribution >= 4 is 27.5 Å². The Hall–Kier alpha value is -3.86. The highest BCUT2D eigenvalue weighted by atomic mass is 32.2. The van der Waals surface area contributed by atoms with E-state index in [0.29, 0.717) is 15.9 Å². The zero-order valence-electron chi connectivity index (χ0n) is 23.3. The summed E-state index contributed by atoms with van der Waals surface area (Å²) in [6.45, 7) is -0.892. The number of carbonyl (C=O) groups excluding carboxylic acids is 2. The Kier molecular flexibility index (Phi) is 10.3. The Morgan fingerprint density at radius 2 is 1.55 bits per heavy atom. The lowest BCUT2D eigenvalue weighted by Gasteiger charge is -2.35. The first-order valence-corrected chi connectivity index (χ1v) is 15.7. The van der Waals surface area contributed by atoms with Crippen molar-refractivity contribution in [2.75, 3.05) is 17.1 Å². The molecule has 2 amide bonds. The molecule has 1 atom stereocenters. The summed E-state index contributed by atoms with van der Waals surface area (Å²) in [6.07, 6.45) is 5.65. The van der Waals surface area contributed by atoms with Crippen LogP contribution in [0.25, 0.3) is 0 Å². The molecule has 4 rings (SSSR count). The molecule has 224 valence electrons. The second-order valence-electron chi connectivity index (χ2n) is 10.6. The quantitative estimate of drug-likeness (QED) is 0.337. The van der Waals surface area contributed by atoms with E-state index in [9.17, 15) is 31.2 Å². The van der Waals surface area contributed by atoms with Gasteiger partial charge in [-0.05, 0) is 48.2 Å². The Bertz CT molecular complexity index is 1480. The molecule has 0 bridgehead atoms. The molecule has 0 heterocycles. The largest absolute Gasteiger partial charge is 0.352 e. The number of anilines is 1. The molecule has 11 heteroatoms. The molecule has 0 radical (unpaired) electrons.